The molecule has 0 saturated carbocycles. The van der Waals surface area contributed by atoms with Crippen molar-refractivity contribution in [2.24, 2.45) is 0 Å². The van der Waals surface area contributed by atoms with Crippen molar-refractivity contribution in [1.82, 2.24) is 4.31 Å². The molecule has 0 spiro atoms. The van der Waals surface area contributed by atoms with Crippen molar-refractivity contribution in [3.8, 4) is 0 Å². The van der Waals surface area contributed by atoms with Crippen LogP contribution in [0.4, 0.5) is 13.2 Å². The molecule has 20 heavy (non-hydrogen) atoms. The molecule has 0 aliphatic heterocycles. The molecule has 114 valence electrons. The fourth-order valence-corrected chi connectivity index (χ4v) is 3.26. The summed E-state index contributed by atoms with van der Waals surface area (Å²) in [5.74, 6) is -4.16. The molecule has 0 saturated heterocycles. The largest absolute Gasteiger partial charge is 0.395 e. The average Bonchev–Trinajstić information content (AvgIpc) is 2.32. The van der Waals surface area contributed by atoms with E-state index in [0.717, 1.165) is 4.31 Å². The minimum absolute atomic E-state index is 0.0235. The number of sulfonamides is 1. The summed E-state index contributed by atoms with van der Waals surface area (Å²) in [6.45, 7) is 1.09. The second-order valence-electron chi connectivity index (χ2n) is 4.18. The molecule has 1 rings (SSSR count). The Morgan fingerprint density at radius 2 is 1.70 bits per heavy atom. The van der Waals surface area contributed by atoms with Gasteiger partial charge in [0.25, 0.3) is 0 Å². The van der Waals surface area contributed by atoms with Crippen molar-refractivity contribution in [1.29, 1.82) is 0 Å². The third-order valence-corrected chi connectivity index (χ3v) is 4.62. The number of benzene rings is 1. The molecule has 0 amide bonds. The Bertz CT molecular complexity index is 540. The Hall–Kier alpha value is -1.12. The van der Waals surface area contributed by atoms with Gasteiger partial charge in [-0.1, -0.05) is 13.3 Å². The molecule has 0 radical (unpaired) electrons. The smallest absolute Gasteiger partial charge is 0.249 e. The van der Waals surface area contributed by atoms with E-state index in [2.05, 4.69) is 0 Å². The van der Waals surface area contributed by atoms with Crippen molar-refractivity contribution >= 4 is 10.0 Å². The fraction of sp³-hybridized carbons (Fsp3) is 0.500. The molecule has 0 heterocycles. The Labute approximate surface area is 115 Å². The predicted octanol–water partition coefficient (Wildman–Crippen LogP) is 1.89. The van der Waals surface area contributed by atoms with E-state index in [9.17, 15) is 21.6 Å². The Morgan fingerprint density at radius 3 is 2.15 bits per heavy atom. The van der Waals surface area contributed by atoms with E-state index in [1.807, 2.05) is 6.92 Å². The molecule has 4 nitrogen and oxygen atoms in total. The highest BCUT2D eigenvalue weighted by molar-refractivity contribution is 7.89. The van der Waals surface area contributed by atoms with E-state index < -0.39 is 39.0 Å². The number of rotatable bonds is 7. The summed E-state index contributed by atoms with van der Waals surface area (Å²) >= 11 is 0. The second-order valence-corrected chi connectivity index (χ2v) is 6.05. The minimum atomic E-state index is -4.46. The fourth-order valence-electron chi connectivity index (χ4n) is 1.70. The zero-order valence-corrected chi connectivity index (χ0v) is 11.8. The van der Waals surface area contributed by atoms with Crippen molar-refractivity contribution in [2.75, 3.05) is 19.7 Å². The second kappa shape index (κ2) is 7.05. The van der Waals surface area contributed by atoms with Gasteiger partial charge in [0.15, 0.2) is 4.90 Å². The monoisotopic (exact) mass is 311 g/mol. The Balaban J connectivity index is 3.26. The van der Waals surface area contributed by atoms with Crippen LogP contribution in [0.15, 0.2) is 17.0 Å². The van der Waals surface area contributed by atoms with Crippen LogP contribution in [0.25, 0.3) is 0 Å². The molecule has 8 heteroatoms. The van der Waals surface area contributed by atoms with Crippen LogP contribution in [0.5, 0.6) is 0 Å². The van der Waals surface area contributed by atoms with E-state index in [1.54, 1.807) is 0 Å². The van der Waals surface area contributed by atoms with Crippen LogP contribution < -0.4 is 0 Å². The molecule has 0 atom stereocenters. The lowest BCUT2D eigenvalue weighted by atomic mass is 10.3. The summed E-state index contributed by atoms with van der Waals surface area (Å²) in [6.07, 6.45) is 1.15. The highest BCUT2D eigenvalue weighted by Crippen LogP contribution is 2.24. The first-order valence-electron chi connectivity index (χ1n) is 6.10. The molecule has 1 N–H and O–H groups in total. The third kappa shape index (κ3) is 3.71. The SMILES string of the molecule is CCCCN(CCO)S(=O)(=O)c1c(F)cc(F)cc1F. The van der Waals surface area contributed by atoms with Crippen LogP contribution in [0, 0.1) is 17.5 Å². The topological polar surface area (TPSA) is 57.6 Å². The molecule has 0 bridgehead atoms. The minimum Gasteiger partial charge on any atom is -0.395 e. The summed E-state index contributed by atoms with van der Waals surface area (Å²) < 4.78 is 65.2. The third-order valence-electron chi connectivity index (χ3n) is 2.67. The van der Waals surface area contributed by atoms with Gasteiger partial charge in [-0.3, -0.25) is 0 Å². The standard InChI is InChI=1S/C12H16F3NO3S/c1-2-3-4-16(5-6-17)20(18,19)12-10(14)7-9(13)8-11(12)15/h7-8,17H,2-6H2,1H3. The van der Waals surface area contributed by atoms with Crippen LogP contribution in [0.3, 0.4) is 0 Å². The van der Waals surface area contributed by atoms with Gasteiger partial charge in [-0.05, 0) is 6.42 Å². The summed E-state index contributed by atoms with van der Waals surface area (Å²) in [4.78, 5) is -1.19. The van der Waals surface area contributed by atoms with Crippen molar-refractivity contribution < 1.29 is 26.7 Å². The molecule has 1 aromatic carbocycles. The van der Waals surface area contributed by atoms with E-state index in [0.29, 0.717) is 25.0 Å². The Morgan fingerprint density at radius 1 is 1.15 bits per heavy atom. The van der Waals surface area contributed by atoms with Crippen LogP contribution in [-0.2, 0) is 10.0 Å². The van der Waals surface area contributed by atoms with Gasteiger partial charge in [-0.2, -0.15) is 4.31 Å². The predicted molar refractivity (Wildman–Crippen MR) is 67.1 cm³/mol. The van der Waals surface area contributed by atoms with Gasteiger partial charge in [0, 0.05) is 25.2 Å². The highest BCUT2D eigenvalue weighted by atomic mass is 32.2. The normalized spacial score (nSPS) is 12.1. The summed E-state index contributed by atoms with van der Waals surface area (Å²) in [7, 11) is -4.46. The molecule has 0 aliphatic rings. The first-order valence-corrected chi connectivity index (χ1v) is 7.54. The molecule has 0 fully saturated rings. The highest BCUT2D eigenvalue weighted by Gasteiger charge is 2.30. The van der Waals surface area contributed by atoms with Crippen molar-refractivity contribution in [2.45, 2.75) is 24.7 Å². The maximum atomic E-state index is 13.6. The van der Waals surface area contributed by atoms with E-state index >= 15 is 0 Å². The molecular weight excluding hydrogens is 295 g/mol. The molecule has 1 aromatic rings. The van der Waals surface area contributed by atoms with Gasteiger partial charge in [0.1, 0.15) is 17.5 Å². The number of hydrogen-bond donors (Lipinski definition) is 1. The number of aliphatic hydroxyl groups is 1. The average molecular weight is 311 g/mol. The van der Waals surface area contributed by atoms with Crippen LogP contribution in [0.2, 0.25) is 0 Å². The maximum Gasteiger partial charge on any atom is 0.249 e. The van der Waals surface area contributed by atoms with Gasteiger partial charge < -0.3 is 5.11 Å². The lowest BCUT2D eigenvalue weighted by Crippen LogP contribution is -2.35. The van der Waals surface area contributed by atoms with Crippen LogP contribution in [0.1, 0.15) is 19.8 Å². The lowest BCUT2D eigenvalue weighted by molar-refractivity contribution is 0.251. The summed E-state index contributed by atoms with van der Waals surface area (Å²) in [5, 5.41) is 8.88. The van der Waals surface area contributed by atoms with Crippen molar-refractivity contribution in [3.63, 3.8) is 0 Å². The van der Waals surface area contributed by atoms with Crippen molar-refractivity contribution in [3.05, 3.63) is 29.6 Å². The van der Waals surface area contributed by atoms with E-state index in [4.69, 9.17) is 5.11 Å². The van der Waals surface area contributed by atoms with E-state index in [1.165, 1.54) is 0 Å². The number of unbranched alkanes of at least 4 members (excludes halogenated alkanes) is 1. The molecule has 0 unspecified atom stereocenters. The number of nitrogens with zero attached hydrogens (tertiary/aromatic N) is 1. The zero-order valence-electron chi connectivity index (χ0n) is 10.9. The molecular formula is C12H16F3NO3S. The summed E-state index contributed by atoms with van der Waals surface area (Å²) in [6, 6.07) is 0.625. The first-order chi connectivity index (χ1) is 9.34. The lowest BCUT2D eigenvalue weighted by Gasteiger charge is -2.21. The quantitative estimate of drug-likeness (QED) is 0.836. The van der Waals surface area contributed by atoms with Gasteiger partial charge >= 0.3 is 0 Å². The van der Waals surface area contributed by atoms with E-state index in [-0.39, 0.29) is 13.1 Å². The molecule has 0 aromatic heterocycles. The van der Waals surface area contributed by atoms with Gasteiger partial charge in [-0.15, -0.1) is 0 Å². The molecule has 0 aliphatic carbocycles. The Kier molecular flexibility index (Phi) is 5.97. The maximum absolute atomic E-state index is 13.6. The number of hydrogen-bond acceptors (Lipinski definition) is 3. The van der Waals surface area contributed by atoms with Gasteiger partial charge in [0.05, 0.1) is 6.61 Å². The van der Waals surface area contributed by atoms with Gasteiger partial charge in [0.2, 0.25) is 10.0 Å². The zero-order chi connectivity index (χ0) is 15.3. The number of halogens is 3. The van der Waals surface area contributed by atoms with Crippen LogP contribution in [-0.4, -0.2) is 37.5 Å². The first kappa shape index (κ1) is 16.9. The number of aliphatic hydroxyl groups excluding tert-OH is 1. The van der Waals surface area contributed by atoms with Gasteiger partial charge in [-0.25, -0.2) is 21.6 Å². The summed E-state index contributed by atoms with van der Waals surface area (Å²) in [5.41, 5.74) is 0. The van der Waals surface area contributed by atoms with Crippen LogP contribution >= 0.6 is 0 Å².